The fourth-order valence-electron chi connectivity index (χ4n) is 5.69. The van der Waals surface area contributed by atoms with Crippen LogP contribution in [0.4, 0.5) is 27.9 Å². The van der Waals surface area contributed by atoms with E-state index in [0.29, 0.717) is 52.5 Å². The molecule has 50 heavy (non-hydrogen) atoms. The number of benzene rings is 3. The Hall–Kier alpha value is -5.27. The first-order chi connectivity index (χ1) is 24.2. The number of nitrogens with one attached hydrogen (secondary N) is 1. The van der Waals surface area contributed by atoms with Crippen LogP contribution in [-0.4, -0.2) is 101 Å². The van der Waals surface area contributed by atoms with Crippen molar-refractivity contribution in [2.75, 3.05) is 85.0 Å². The van der Waals surface area contributed by atoms with Gasteiger partial charge in [0.25, 0.3) is 0 Å². The molecule has 1 aliphatic rings. The summed E-state index contributed by atoms with van der Waals surface area (Å²) in [7, 11) is 8.37. The number of hydrogen-bond donors (Lipinski definition) is 1. The molecule has 1 amide bonds. The number of amides is 1. The van der Waals surface area contributed by atoms with Gasteiger partial charge in [-0.2, -0.15) is 4.98 Å². The van der Waals surface area contributed by atoms with E-state index in [-0.39, 0.29) is 11.8 Å². The van der Waals surface area contributed by atoms with E-state index in [1.807, 2.05) is 38.1 Å². The van der Waals surface area contributed by atoms with E-state index in [0.717, 1.165) is 50.3 Å². The number of rotatable bonds is 14. The monoisotopic (exact) mass is 686 g/mol. The van der Waals surface area contributed by atoms with Gasteiger partial charge in [0.1, 0.15) is 23.1 Å². The molecule has 0 radical (unpaired) electrons. The van der Waals surface area contributed by atoms with Crippen LogP contribution >= 0.6 is 0 Å². The molecule has 13 nitrogen and oxygen atoms in total. The molecule has 1 N–H and O–H groups in total. The lowest BCUT2D eigenvalue weighted by Gasteiger charge is -2.32. The second kappa shape index (κ2) is 16.9. The first kappa shape index (κ1) is 36.0. The molecule has 1 saturated heterocycles. The molecule has 266 valence electrons. The predicted octanol–water partition coefficient (Wildman–Crippen LogP) is 6.22. The SMILES string of the molecule is COc1ccc(N(C(=O)Oc2c(C)cccc2C)c2ccnc(Nc3cc(OC)c(OC)c(OCCCN4CCN(C)CC4)c3)n2)c(OC)c1. The highest BCUT2D eigenvalue weighted by Gasteiger charge is 2.27. The summed E-state index contributed by atoms with van der Waals surface area (Å²) >= 11 is 0. The molecule has 1 aliphatic heterocycles. The van der Waals surface area contributed by atoms with Crippen molar-refractivity contribution < 1.29 is 33.2 Å². The first-order valence-corrected chi connectivity index (χ1v) is 16.4. The molecule has 13 heteroatoms. The Morgan fingerprint density at radius 2 is 1.56 bits per heavy atom. The average molecular weight is 687 g/mol. The van der Waals surface area contributed by atoms with Crippen molar-refractivity contribution in [3.8, 4) is 34.5 Å². The number of nitrogens with zero attached hydrogens (tertiary/aromatic N) is 5. The van der Waals surface area contributed by atoms with E-state index in [2.05, 4.69) is 27.1 Å². The minimum absolute atomic E-state index is 0.216. The third-order valence-electron chi connectivity index (χ3n) is 8.45. The highest BCUT2D eigenvalue weighted by molar-refractivity contribution is 5.98. The molecule has 0 spiro atoms. The molecule has 1 aromatic heterocycles. The van der Waals surface area contributed by atoms with Crippen LogP contribution in [-0.2, 0) is 0 Å². The van der Waals surface area contributed by atoms with Crippen LogP contribution in [0.1, 0.15) is 17.5 Å². The molecule has 2 heterocycles. The minimum atomic E-state index is -0.686. The predicted molar refractivity (Wildman–Crippen MR) is 193 cm³/mol. The zero-order chi connectivity index (χ0) is 35.6. The van der Waals surface area contributed by atoms with Crippen LogP contribution < -0.4 is 38.6 Å². The number of piperazine rings is 1. The van der Waals surface area contributed by atoms with Crippen LogP contribution in [0, 0.1) is 13.8 Å². The van der Waals surface area contributed by atoms with Gasteiger partial charge in [0.05, 0.1) is 40.7 Å². The molecule has 0 atom stereocenters. The topological polar surface area (TPSA) is 120 Å². The Labute approximate surface area is 293 Å². The standard InChI is InChI=1S/C37H46N6O7/c1-25-10-8-11-26(2)34(25)50-37(44)43(29-13-12-28(45-4)24-30(29)46-5)33-14-15-38-36(40-33)39-27-22-31(47-6)35(48-7)32(23-27)49-21-9-16-42-19-17-41(3)18-20-42/h8,10-15,22-24H,9,16-21H2,1-7H3,(H,38,39,40). The van der Waals surface area contributed by atoms with E-state index < -0.39 is 6.09 Å². The number of aryl methyl sites for hydroxylation is 2. The van der Waals surface area contributed by atoms with Gasteiger partial charge in [0.15, 0.2) is 11.5 Å². The minimum Gasteiger partial charge on any atom is -0.497 e. The van der Waals surface area contributed by atoms with Gasteiger partial charge in [-0.15, -0.1) is 0 Å². The Kier molecular flexibility index (Phi) is 12.2. The smallest absolute Gasteiger partial charge is 0.425 e. The lowest BCUT2D eigenvalue weighted by atomic mass is 10.1. The second-order valence-electron chi connectivity index (χ2n) is 11.9. The average Bonchev–Trinajstić information content (AvgIpc) is 3.12. The zero-order valence-corrected chi connectivity index (χ0v) is 29.8. The van der Waals surface area contributed by atoms with Gasteiger partial charge in [-0.25, -0.2) is 14.7 Å². The summed E-state index contributed by atoms with van der Waals surface area (Å²) < 4.78 is 34.6. The zero-order valence-electron chi connectivity index (χ0n) is 29.8. The summed E-state index contributed by atoms with van der Waals surface area (Å²) in [6, 6.07) is 16.0. The molecule has 3 aromatic carbocycles. The number of carbonyl (C=O) groups excluding carboxylic acids is 1. The number of para-hydroxylation sites is 1. The van der Waals surface area contributed by atoms with E-state index in [1.165, 1.54) is 12.0 Å². The number of ether oxygens (including phenoxy) is 6. The van der Waals surface area contributed by atoms with Gasteiger partial charge < -0.3 is 43.5 Å². The fourth-order valence-corrected chi connectivity index (χ4v) is 5.69. The number of aromatic nitrogens is 2. The van der Waals surface area contributed by atoms with Crippen molar-refractivity contribution >= 4 is 29.2 Å². The van der Waals surface area contributed by atoms with Gasteiger partial charge in [-0.1, -0.05) is 18.2 Å². The molecule has 4 aromatic rings. The van der Waals surface area contributed by atoms with Crippen molar-refractivity contribution in [1.29, 1.82) is 0 Å². The molecule has 0 aliphatic carbocycles. The van der Waals surface area contributed by atoms with Crippen molar-refractivity contribution in [2.24, 2.45) is 0 Å². The van der Waals surface area contributed by atoms with E-state index in [9.17, 15) is 4.79 Å². The fraction of sp³-hybridized carbons (Fsp3) is 0.378. The maximum Gasteiger partial charge on any atom is 0.425 e. The summed E-state index contributed by atoms with van der Waals surface area (Å²) in [4.78, 5) is 29.3. The quantitative estimate of drug-likeness (QED) is 0.152. The maximum absolute atomic E-state index is 14.0. The Balaban J connectivity index is 1.42. The van der Waals surface area contributed by atoms with Gasteiger partial charge in [0.2, 0.25) is 11.7 Å². The molecule has 0 bridgehead atoms. The van der Waals surface area contributed by atoms with Crippen LogP contribution in [0.5, 0.6) is 34.5 Å². The Morgan fingerprint density at radius 1 is 0.840 bits per heavy atom. The molecule has 1 fully saturated rings. The third-order valence-corrected chi connectivity index (χ3v) is 8.45. The Bertz CT molecular complexity index is 1740. The van der Waals surface area contributed by atoms with Crippen molar-refractivity contribution in [3.63, 3.8) is 0 Å². The summed E-state index contributed by atoms with van der Waals surface area (Å²) in [5, 5.41) is 3.24. The van der Waals surface area contributed by atoms with Gasteiger partial charge in [0, 0.05) is 68.9 Å². The van der Waals surface area contributed by atoms with Crippen LogP contribution in [0.2, 0.25) is 0 Å². The van der Waals surface area contributed by atoms with Gasteiger partial charge in [-0.05, 0) is 50.6 Å². The van der Waals surface area contributed by atoms with Crippen LogP contribution in [0.3, 0.4) is 0 Å². The normalized spacial score (nSPS) is 13.3. The summed E-state index contributed by atoms with van der Waals surface area (Å²) in [6.07, 6.45) is 1.73. The summed E-state index contributed by atoms with van der Waals surface area (Å²) in [5.41, 5.74) is 2.62. The second-order valence-corrected chi connectivity index (χ2v) is 11.9. The lowest BCUT2D eigenvalue weighted by molar-refractivity contribution is 0.145. The van der Waals surface area contributed by atoms with Gasteiger partial charge in [-0.3, -0.25) is 0 Å². The molecule has 5 rings (SSSR count). The number of carbonyl (C=O) groups is 1. The molecule has 0 saturated carbocycles. The van der Waals surface area contributed by atoms with Crippen LogP contribution in [0.25, 0.3) is 0 Å². The number of hydrogen-bond acceptors (Lipinski definition) is 12. The van der Waals surface area contributed by atoms with Crippen LogP contribution in [0.15, 0.2) is 60.8 Å². The Morgan fingerprint density at radius 3 is 2.24 bits per heavy atom. The maximum atomic E-state index is 14.0. The van der Waals surface area contributed by atoms with E-state index in [1.54, 1.807) is 57.9 Å². The largest absolute Gasteiger partial charge is 0.497 e. The number of methoxy groups -OCH3 is 4. The summed E-state index contributed by atoms with van der Waals surface area (Å²) in [5.74, 6) is 3.34. The summed E-state index contributed by atoms with van der Waals surface area (Å²) in [6.45, 7) is 9.47. The third kappa shape index (κ3) is 8.65. The molecular formula is C37H46N6O7. The first-order valence-electron chi connectivity index (χ1n) is 16.4. The molecule has 0 unspecified atom stereocenters. The van der Waals surface area contributed by atoms with Crippen molar-refractivity contribution in [1.82, 2.24) is 19.8 Å². The van der Waals surface area contributed by atoms with E-state index in [4.69, 9.17) is 33.4 Å². The number of likely N-dealkylation sites (N-methyl/N-ethyl adjacent to an activating group) is 1. The van der Waals surface area contributed by atoms with E-state index >= 15 is 0 Å². The lowest BCUT2D eigenvalue weighted by Crippen LogP contribution is -2.44. The molecular weight excluding hydrogens is 640 g/mol. The number of anilines is 4. The van der Waals surface area contributed by atoms with Crippen molar-refractivity contribution in [2.45, 2.75) is 20.3 Å². The highest BCUT2D eigenvalue weighted by Crippen LogP contribution is 2.41. The highest BCUT2D eigenvalue weighted by atomic mass is 16.6. The van der Waals surface area contributed by atoms with Gasteiger partial charge >= 0.3 is 6.09 Å². The van der Waals surface area contributed by atoms with Crippen molar-refractivity contribution in [3.05, 3.63) is 71.9 Å².